The quantitative estimate of drug-likeness (QED) is 0.598. The summed E-state index contributed by atoms with van der Waals surface area (Å²) in [5.74, 6) is 3.14. The highest BCUT2D eigenvalue weighted by atomic mass is 16.5. The summed E-state index contributed by atoms with van der Waals surface area (Å²) < 4.78 is 5.58. The van der Waals surface area contributed by atoms with Gasteiger partial charge < -0.3 is 19.9 Å². The average molecular weight is 365 g/mol. The fourth-order valence-electron chi connectivity index (χ4n) is 4.47. The second-order valence-corrected chi connectivity index (χ2v) is 8.43. The highest BCUT2D eigenvalue weighted by Crippen LogP contribution is 2.30. The van der Waals surface area contributed by atoms with Gasteiger partial charge in [-0.05, 0) is 43.4 Å². The van der Waals surface area contributed by atoms with E-state index >= 15 is 0 Å². The molecule has 2 atom stereocenters. The van der Waals surface area contributed by atoms with Crippen LogP contribution in [-0.2, 0) is 9.53 Å². The van der Waals surface area contributed by atoms with Crippen molar-refractivity contribution in [2.45, 2.75) is 44.9 Å². The number of nitrogens with zero attached hydrogens (tertiary/aromatic N) is 3. The van der Waals surface area contributed by atoms with E-state index in [1.165, 1.54) is 44.9 Å². The molecule has 6 heteroatoms. The first kappa shape index (κ1) is 19.5. The summed E-state index contributed by atoms with van der Waals surface area (Å²) in [5, 5.41) is 3.61. The zero-order valence-corrected chi connectivity index (χ0v) is 16.6. The van der Waals surface area contributed by atoms with Gasteiger partial charge in [0, 0.05) is 46.9 Å². The highest BCUT2D eigenvalue weighted by molar-refractivity contribution is 5.85. The Bertz CT molecular complexity index is 482. The topological polar surface area (TPSA) is 57.2 Å². The van der Waals surface area contributed by atoms with Crippen LogP contribution in [0.3, 0.4) is 0 Å². The molecule has 2 saturated heterocycles. The van der Waals surface area contributed by atoms with E-state index in [0.29, 0.717) is 11.8 Å². The van der Waals surface area contributed by atoms with Crippen LogP contribution >= 0.6 is 0 Å². The van der Waals surface area contributed by atoms with Crippen LogP contribution in [0.4, 0.5) is 0 Å². The number of hydrogen-bond acceptors (Lipinski definition) is 3. The van der Waals surface area contributed by atoms with Gasteiger partial charge >= 0.3 is 0 Å². The lowest BCUT2D eigenvalue weighted by atomic mass is 9.89. The Hall–Kier alpha value is -1.30. The van der Waals surface area contributed by atoms with Crippen molar-refractivity contribution in [1.29, 1.82) is 0 Å². The molecule has 3 aliphatic rings. The van der Waals surface area contributed by atoms with Crippen molar-refractivity contribution in [3.05, 3.63) is 0 Å². The van der Waals surface area contributed by atoms with Gasteiger partial charge in [-0.1, -0.05) is 19.3 Å². The van der Waals surface area contributed by atoms with Crippen LogP contribution in [0.5, 0.6) is 0 Å². The first-order valence-corrected chi connectivity index (χ1v) is 10.4. The number of amides is 1. The molecule has 6 nitrogen and oxygen atoms in total. The third-order valence-electron chi connectivity index (χ3n) is 6.29. The summed E-state index contributed by atoms with van der Waals surface area (Å²) >= 11 is 0. The molecule has 2 unspecified atom stereocenters. The van der Waals surface area contributed by atoms with E-state index < -0.39 is 0 Å². The first-order chi connectivity index (χ1) is 12.6. The van der Waals surface area contributed by atoms with Crippen LogP contribution in [0.25, 0.3) is 0 Å². The number of rotatable bonds is 5. The average Bonchev–Trinajstić information content (AvgIpc) is 3.33. The Kier molecular flexibility index (Phi) is 7.17. The van der Waals surface area contributed by atoms with Crippen molar-refractivity contribution < 1.29 is 9.53 Å². The number of hydrogen-bond donors (Lipinski definition) is 1. The van der Waals surface area contributed by atoms with Crippen molar-refractivity contribution >= 4 is 11.9 Å². The van der Waals surface area contributed by atoms with E-state index in [9.17, 15) is 4.79 Å². The predicted molar refractivity (Wildman–Crippen MR) is 104 cm³/mol. The maximum atomic E-state index is 12.0. The van der Waals surface area contributed by atoms with Crippen molar-refractivity contribution in [2.24, 2.45) is 22.7 Å². The molecule has 0 aromatic heterocycles. The van der Waals surface area contributed by atoms with Gasteiger partial charge in [0.1, 0.15) is 6.54 Å². The molecule has 0 bridgehead atoms. The lowest BCUT2D eigenvalue weighted by Gasteiger charge is -2.27. The maximum Gasteiger partial charge on any atom is 0.243 e. The number of carbonyl (C=O) groups excluding carboxylic acids is 1. The van der Waals surface area contributed by atoms with Crippen molar-refractivity contribution in [2.75, 3.05) is 53.5 Å². The van der Waals surface area contributed by atoms with E-state index in [2.05, 4.69) is 15.2 Å². The van der Waals surface area contributed by atoms with Gasteiger partial charge in [0.2, 0.25) is 5.91 Å². The summed E-state index contributed by atoms with van der Waals surface area (Å²) in [7, 11) is 3.58. The van der Waals surface area contributed by atoms with Crippen LogP contribution in [0.15, 0.2) is 4.99 Å². The number of guanidine groups is 1. The van der Waals surface area contributed by atoms with Gasteiger partial charge in [0.05, 0.1) is 0 Å². The van der Waals surface area contributed by atoms with E-state index in [1.807, 2.05) is 0 Å². The number of nitrogens with one attached hydrogen (secondary N) is 1. The molecule has 3 rings (SSSR count). The Labute approximate surface area is 158 Å². The summed E-state index contributed by atoms with van der Waals surface area (Å²) in [5.41, 5.74) is 0. The van der Waals surface area contributed by atoms with Gasteiger partial charge in [0.15, 0.2) is 5.96 Å². The molecule has 1 saturated carbocycles. The molecule has 1 N–H and O–H groups in total. The second kappa shape index (κ2) is 9.58. The van der Waals surface area contributed by atoms with Gasteiger partial charge in [0.25, 0.3) is 0 Å². The van der Waals surface area contributed by atoms with E-state index in [0.717, 1.165) is 44.7 Å². The molecule has 26 heavy (non-hydrogen) atoms. The van der Waals surface area contributed by atoms with Crippen molar-refractivity contribution in [3.8, 4) is 0 Å². The largest absolute Gasteiger partial charge is 0.381 e. The van der Waals surface area contributed by atoms with E-state index in [-0.39, 0.29) is 12.5 Å². The number of carbonyl (C=O) groups is 1. The minimum absolute atomic E-state index is 0.0573. The summed E-state index contributed by atoms with van der Waals surface area (Å²) in [6, 6.07) is 0. The number of ether oxygens (including phenoxy) is 1. The zero-order chi connectivity index (χ0) is 18.4. The lowest BCUT2D eigenvalue weighted by molar-refractivity contribution is -0.127. The van der Waals surface area contributed by atoms with Gasteiger partial charge in [-0.25, -0.2) is 4.99 Å². The van der Waals surface area contributed by atoms with E-state index in [4.69, 9.17) is 4.74 Å². The molecule has 1 aliphatic carbocycles. The third kappa shape index (κ3) is 5.35. The molecule has 148 valence electrons. The monoisotopic (exact) mass is 364 g/mol. The minimum atomic E-state index is 0.0573. The molecule has 0 aromatic carbocycles. The smallest absolute Gasteiger partial charge is 0.243 e. The summed E-state index contributed by atoms with van der Waals surface area (Å²) in [6.07, 6.45) is 9.13. The Morgan fingerprint density at radius 2 is 1.96 bits per heavy atom. The minimum Gasteiger partial charge on any atom is -0.381 e. The number of likely N-dealkylation sites (tertiary alicyclic amines) is 1. The zero-order valence-electron chi connectivity index (χ0n) is 16.6. The predicted octanol–water partition coefficient (Wildman–Crippen LogP) is 1.96. The standard InChI is InChI=1S/C20H36N4O2/c1-23(2)19(25)13-22-20(21-12-16-6-4-3-5-7-16)24-10-8-17(14-24)18-9-11-26-15-18/h16-18H,3-15H2,1-2H3,(H,21,22). The highest BCUT2D eigenvalue weighted by Gasteiger charge is 2.33. The van der Waals surface area contributed by atoms with Crippen LogP contribution in [-0.4, -0.2) is 75.2 Å². The molecule has 0 aromatic rings. The lowest BCUT2D eigenvalue weighted by Crippen LogP contribution is -2.43. The van der Waals surface area contributed by atoms with Crippen LogP contribution < -0.4 is 5.32 Å². The summed E-state index contributed by atoms with van der Waals surface area (Å²) in [6.45, 7) is 5.13. The van der Waals surface area contributed by atoms with Crippen LogP contribution in [0, 0.1) is 17.8 Å². The van der Waals surface area contributed by atoms with Crippen molar-refractivity contribution in [1.82, 2.24) is 15.1 Å². The molecule has 2 aliphatic heterocycles. The van der Waals surface area contributed by atoms with Gasteiger partial charge in [-0.2, -0.15) is 0 Å². The summed E-state index contributed by atoms with van der Waals surface area (Å²) in [4.78, 5) is 20.7. The SMILES string of the molecule is CN(C)C(=O)CN=C(NCC1CCCCC1)N1CCC(C2CCOC2)C1. The molecule has 3 fully saturated rings. The van der Waals surface area contributed by atoms with Crippen LogP contribution in [0.1, 0.15) is 44.9 Å². The Balaban J connectivity index is 1.58. The second-order valence-electron chi connectivity index (χ2n) is 8.43. The fraction of sp³-hybridized carbons (Fsp3) is 0.900. The molecule has 0 radical (unpaired) electrons. The van der Waals surface area contributed by atoms with E-state index in [1.54, 1.807) is 19.0 Å². The maximum absolute atomic E-state index is 12.0. The molecular weight excluding hydrogens is 328 g/mol. The Morgan fingerprint density at radius 1 is 1.15 bits per heavy atom. The van der Waals surface area contributed by atoms with Gasteiger partial charge in [-0.3, -0.25) is 4.79 Å². The van der Waals surface area contributed by atoms with Crippen LogP contribution in [0.2, 0.25) is 0 Å². The molecule has 2 heterocycles. The normalized spacial score (nSPS) is 27.8. The Morgan fingerprint density at radius 3 is 2.65 bits per heavy atom. The first-order valence-electron chi connectivity index (χ1n) is 10.4. The molecule has 1 amide bonds. The van der Waals surface area contributed by atoms with Crippen molar-refractivity contribution in [3.63, 3.8) is 0 Å². The number of likely N-dealkylation sites (N-methyl/N-ethyl adjacent to an activating group) is 1. The van der Waals surface area contributed by atoms with Gasteiger partial charge in [-0.15, -0.1) is 0 Å². The molecule has 0 spiro atoms. The third-order valence-corrected chi connectivity index (χ3v) is 6.29. The molecular formula is C20H36N4O2. The fourth-order valence-corrected chi connectivity index (χ4v) is 4.47. The number of aliphatic imine (C=N–C) groups is 1.